The molecule has 4 fully saturated rings. The zero-order chi connectivity index (χ0) is 18.5. The number of benzene rings is 1. The molecular formula is C21H26N2O3. The first-order valence-corrected chi connectivity index (χ1v) is 9.61. The molecule has 3 aliphatic carbocycles. The van der Waals surface area contributed by atoms with Crippen molar-refractivity contribution in [2.24, 2.45) is 17.8 Å². The van der Waals surface area contributed by atoms with Gasteiger partial charge in [-0.1, -0.05) is 43.2 Å². The van der Waals surface area contributed by atoms with Crippen molar-refractivity contribution in [1.29, 1.82) is 0 Å². The quantitative estimate of drug-likeness (QED) is 0.615. The second kappa shape index (κ2) is 6.22. The summed E-state index contributed by atoms with van der Waals surface area (Å²) in [5, 5.41) is 0. The number of rotatable bonds is 4. The molecule has 2 bridgehead atoms. The zero-order valence-corrected chi connectivity index (χ0v) is 15.5. The predicted octanol–water partition coefficient (Wildman–Crippen LogP) is 3.35. The normalized spacial score (nSPS) is 33.8. The Morgan fingerprint density at radius 3 is 2.35 bits per heavy atom. The molecule has 138 valence electrons. The van der Waals surface area contributed by atoms with Gasteiger partial charge in [0.05, 0.1) is 6.54 Å². The number of nitrogens with zero attached hydrogens (tertiary/aromatic N) is 2. The van der Waals surface area contributed by atoms with Crippen LogP contribution in [0, 0.1) is 17.8 Å². The van der Waals surface area contributed by atoms with Crippen LogP contribution in [-0.4, -0.2) is 46.7 Å². The number of carbonyl (C=O) groups is 3. The lowest BCUT2D eigenvalue weighted by Crippen LogP contribution is -2.56. The minimum Gasteiger partial charge on any atom is -0.313 e. The van der Waals surface area contributed by atoms with Crippen molar-refractivity contribution in [3.05, 3.63) is 35.9 Å². The molecule has 1 aliphatic heterocycles. The summed E-state index contributed by atoms with van der Waals surface area (Å²) in [6.07, 6.45) is 5.83. The highest BCUT2D eigenvalue weighted by atomic mass is 16.2. The molecule has 1 heterocycles. The van der Waals surface area contributed by atoms with E-state index in [2.05, 4.69) is 0 Å². The Morgan fingerprint density at radius 1 is 1.12 bits per heavy atom. The van der Waals surface area contributed by atoms with Crippen molar-refractivity contribution in [2.45, 2.75) is 44.6 Å². The van der Waals surface area contributed by atoms with Crippen LogP contribution in [0.15, 0.2) is 30.3 Å². The number of Topliss-reactive ketones (excluding diaryl/α,β-unsaturated/α-hetero) is 1. The summed E-state index contributed by atoms with van der Waals surface area (Å²) in [6.45, 7) is 1.73. The van der Waals surface area contributed by atoms with E-state index in [4.69, 9.17) is 0 Å². The molecule has 3 amide bonds. The molecule has 5 nitrogen and oxygen atoms in total. The molecule has 1 aromatic rings. The first-order chi connectivity index (χ1) is 12.4. The number of fused-ring (bicyclic) bond motifs is 3. The molecule has 1 saturated heterocycles. The predicted molar refractivity (Wildman–Crippen MR) is 97.6 cm³/mol. The van der Waals surface area contributed by atoms with E-state index in [-0.39, 0.29) is 30.2 Å². The van der Waals surface area contributed by atoms with Gasteiger partial charge >= 0.3 is 6.03 Å². The first-order valence-electron chi connectivity index (χ1n) is 9.61. The number of ketones is 1. The molecule has 3 saturated carbocycles. The third-order valence-electron chi connectivity index (χ3n) is 7.06. The van der Waals surface area contributed by atoms with Gasteiger partial charge in [-0.25, -0.2) is 4.79 Å². The lowest BCUT2D eigenvalue weighted by atomic mass is 9.59. The maximum atomic E-state index is 13.3. The van der Waals surface area contributed by atoms with E-state index in [1.54, 1.807) is 36.2 Å². The number of imide groups is 1. The molecule has 0 spiro atoms. The second-order valence-corrected chi connectivity index (χ2v) is 8.29. The molecule has 5 rings (SSSR count). The number of urea groups is 1. The van der Waals surface area contributed by atoms with Gasteiger partial charge in [-0.15, -0.1) is 0 Å². The topological polar surface area (TPSA) is 57.7 Å². The van der Waals surface area contributed by atoms with E-state index in [0.717, 1.165) is 24.2 Å². The van der Waals surface area contributed by atoms with E-state index in [9.17, 15) is 14.4 Å². The van der Waals surface area contributed by atoms with Gasteiger partial charge in [0, 0.05) is 12.6 Å². The van der Waals surface area contributed by atoms with Crippen molar-refractivity contribution >= 4 is 17.7 Å². The summed E-state index contributed by atoms with van der Waals surface area (Å²) in [5.74, 6) is 0.988. The van der Waals surface area contributed by atoms with Gasteiger partial charge in [-0.2, -0.15) is 0 Å². The van der Waals surface area contributed by atoms with E-state index < -0.39 is 5.54 Å². The lowest BCUT2D eigenvalue weighted by molar-refractivity contribution is -0.138. The molecule has 4 aliphatic rings. The van der Waals surface area contributed by atoms with Crippen LogP contribution in [-0.2, 0) is 4.79 Å². The molecule has 1 unspecified atom stereocenters. The number of amides is 3. The van der Waals surface area contributed by atoms with Gasteiger partial charge in [0.25, 0.3) is 5.91 Å². The van der Waals surface area contributed by atoms with Gasteiger partial charge in [0.15, 0.2) is 5.78 Å². The Morgan fingerprint density at radius 2 is 1.77 bits per heavy atom. The summed E-state index contributed by atoms with van der Waals surface area (Å²) in [7, 11) is 1.72. The first kappa shape index (κ1) is 17.3. The van der Waals surface area contributed by atoms with Gasteiger partial charge in [0.1, 0.15) is 5.54 Å². The third-order valence-corrected chi connectivity index (χ3v) is 7.06. The Labute approximate surface area is 154 Å². The maximum absolute atomic E-state index is 13.3. The summed E-state index contributed by atoms with van der Waals surface area (Å²) >= 11 is 0. The molecule has 0 radical (unpaired) electrons. The summed E-state index contributed by atoms with van der Waals surface area (Å²) in [4.78, 5) is 41.4. The SMILES string of the molecule is CN1C(=O)N(CC(=O)c2ccccc2)C(=O)C1(C)[C@H]1C[C@H]2CC[C@H]1CC2. The molecule has 26 heavy (non-hydrogen) atoms. The summed E-state index contributed by atoms with van der Waals surface area (Å²) in [5.41, 5.74) is -0.293. The molecule has 5 heteroatoms. The van der Waals surface area contributed by atoms with Crippen LogP contribution in [0.25, 0.3) is 0 Å². The minimum absolute atomic E-state index is 0.178. The fraction of sp³-hybridized carbons (Fsp3) is 0.571. The monoisotopic (exact) mass is 354 g/mol. The van der Waals surface area contributed by atoms with Gasteiger partial charge in [0.2, 0.25) is 0 Å². The highest BCUT2D eigenvalue weighted by Gasteiger charge is 2.60. The number of hydrogen-bond donors (Lipinski definition) is 0. The average Bonchev–Trinajstić information content (AvgIpc) is 2.85. The van der Waals surface area contributed by atoms with Crippen LogP contribution in [0.5, 0.6) is 0 Å². The van der Waals surface area contributed by atoms with Crippen LogP contribution in [0.1, 0.15) is 49.4 Å². The van der Waals surface area contributed by atoms with Crippen molar-refractivity contribution < 1.29 is 14.4 Å². The number of likely N-dealkylation sites (N-methyl/N-ethyl adjacent to an activating group) is 1. The highest BCUT2D eigenvalue weighted by Crippen LogP contribution is 2.52. The standard InChI is InChI=1S/C21H26N2O3/c1-21(17-12-14-8-10-15(17)11-9-14)19(25)23(20(26)22(21)2)13-18(24)16-6-4-3-5-7-16/h3-7,14-15,17H,8-13H2,1-2H3/t14-,15-,17-,21?/m0/s1. The molecule has 2 atom stereocenters. The molecule has 0 aromatic heterocycles. The molecular weight excluding hydrogens is 328 g/mol. The van der Waals surface area contributed by atoms with Crippen LogP contribution in [0.4, 0.5) is 4.79 Å². The third kappa shape index (κ3) is 2.48. The van der Waals surface area contributed by atoms with Crippen LogP contribution in [0.2, 0.25) is 0 Å². The second-order valence-electron chi connectivity index (χ2n) is 8.29. The van der Waals surface area contributed by atoms with Crippen molar-refractivity contribution in [2.75, 3.05) is 13.6 Å². The fourth-order valence-electron chi connectivity index (χ4n) is 5.36. The maximum Gasteiger partial charge on any atom is 0.327 e. The van der Waals surface area contributed by atoms with Crippen molar-refractivity contribution in [1.82, 2.24) is 9.80 Å². The summed E-state index contributed by atoms with van der Waals surface area (Å²) < 4.78 is 0. The van der Waals surface area contributed by atoms with Gasteiger partial charge < -0.3 is 4.90 Å². The van der Waals surface area contributed by atoms with E-state index in [1.165, 1.54) is 12.8 Å². The van der Waals surface area contributed by atoms with Crippen LogP contribution >= 0.6 is 0 Å². The highest BCUT2D eigenvalue weighted by molar-refractivity contribution is 6.11. The molecule has 0 N–H and O–H groups in total. The number of hydrogen-bond acceptors (Lipinski definition) is 3. The van der Waals surface area contributed by atoms with E-state index >= 15 is 0 Å². The van der Waals surface area contributed by atoms with Gasteiger partial charge in [-0.05, 0) is 43.9 Å². The molecule has 1 aromatic carbocycles. The minimum atomic E-state index is -0.822. The lowest BCUT2D eigenvalue weighted by Gasteiger charge is -2.49. The Balaban J connectivity index is 1.58. The fourth-order valence-corrected chi connectivity index (χ4v) is 5.36. The van der Waals surface area contributed by atoms with Crippen molar-refractivity contribution in [3.63, 3.8) is 0 Å². The Bertz CT molecular complexity index is 739. The Hall–Kier alpha value is -2.17. The van der Waals surface area contributed by atoms with Gasteiger partial charge in [-0.3, -0.25) is 14.5 Å². The average molecular weight is 354 g/mol. The van der Waals surface area contributed by atoms with Crippen LogP contribution in [0.3, 0.4) is 0 Å². The van der Waals surface area contributed by atoms with Crippen LogP contribution < -0.4 is 0 Å². The smallest absolute Gasteiger partial charge is 0.313 e. The van der Waals surface area contributed by atoms with E-state index in [0.29, 0.717) is 17.4 Å². The summed E-state index contributed by atoms with van der Waals surface area (Å²) in [6, 6.07) is 8.51. The Kier molecular flexibility index (Phi) is 4.13. The zero-order valence-electron chi connectivity index (χ0n) is 15.5. The van der Waals surface area contributed by atoms with E-state index in [1.807, 2.05) is 13.0 Å². The van der Waals surface area contributed by atoms with Crippen molar-refractivity contribution in [3.8, 4) is 0 Å². The number of carbonyl (C=O) groups excluding carboxylic acids is 3. The largest absolute Gasteiger partial charge is 0.327 e.